The van der Waals surface area contributed by atoms with Gasteiger partial charge in [0.15, 0.2) is 0 Å². The number of rotatable bonds is 6. The molecule has 1 rings (SSSR count). The molecule has 1 atom stereocenters. The highest BCUT2D eigenvalue weighted by Crippen LogP contribution is 2.11. The van der Waals surface area contributed by atoms with Gasteiger partial charge in [0, 0.05) is 29.9 Å². The maximum atomic E-state index is 11.6. The van der Waals surface area contributed by atoms with Crippen LogP contribution in [-0.2, 0) is 16.1 Å². The van der Waals surface area contributed by atoms with Crippen molar-refractivity contribution in [3.05, 3.63) is 29.8 Å². The third-order valence-electron chi connectivity index (χ3n) is 2.89. The Kier molecular flexibility index (Phi) is 6.52. The number of nitrogens with one attached hydrogen (secondary N) is 2. The first-order valence-corrected chi connectivity index (χ1v) is 7.21. The van der Waals surface area contributed by atoms with Crippen molar-refractivity contribution in [3.63, 3.8) is 0 Å². The van der Waals surface area contributed by atoms with E-state index in [1.54, 1.807) is 6.92 Å². The minimum Gasteiger partial charge on any atom is -0.352 e. The molecule has 0 heterocycles. The van der Waals surface area contributed by atoms with Crippen molar-refractivity contribution in [2.45, 2.75) is 27.3 Å². The molecule has 0 aromatic heterocycles. The Morgan fingerprint density at radius 3 is 2.20 bits per heavy atom. The average Bonchev–Trinajstić information content (AvgIpc) is 2.45. The first kappa shape index (κ1) is 16.5. The van der Waals surface area contributed by atoms with Gasteiger partial charge in [-0.1, -0.05) is 32.9 Å². The number of carbonyl (C=O) groups excluding carboxylic acids is 2. The number of hydrogen-bond acceptors (Lipinski definition) is 2. The Labute approximate surface area is 124 Å². The van der Waals surface area contributed by atoms with E-state index in [0.29, 0.717) is 12.4 Å². The zero-order valence-corrected chi connectivity index (χ0v) is 12.8. The van der Waals surface area contributed by atoms with E-state index >= 15 is 0 Å². The van der Waals surface area contributed by atoms with Gasteiger partial charge in [0.1, 0.15) is 0 Å². The van der Waals surface area contributed by atoms with Gasteiger partial charge in [0.05, 0.1) is 0 Å². The van der Waals surface area contributed by atoms with Crippen molar-refractivity contribution in [3.8, 4) is 0 Å². The zero-order valence-electron chi connectivity index (χ0n) is 12.1. The summed E-state index contributed by atoms with van der Waals surface area (Å²) < 4.78 is 0. The van der Waals surface area contributed by atoms with Crippen LogP contribution in [0.2, 0.25) is 0 Å². The van der Waals surface area contributed by atoms with Gasteiger partial charge in [-0.15, -0.1) is 11.6 Å². The standard InChI is InChI=1S/C15H21ClN2O2/c1-10(2)14(19)18-13-6-4-12(5-7-13)9-17-15(20)11(3)8-16/h4-7,10-11H,8-9H2,1-3H3,(H,17,20)(H,18,19). The normalized spacial score (nSPS) is 12.1. The van der Waals surface area contributed by atoms with Gasteiger partial charge in [-0.25, -0.2) is 0 Å². The van der Waals surface area contributed by atoms with Crippen LogP contribution in [0, 0.1) is 11.8 Å². The summed E-state index contributed by atoms with van der Waals surface area (Å²) in [7, 11) is 0. The lowest BCUT2D eigenvalue weighted by Crippen LogP contribution is -2.29. The summed E-state index contributed by atoms with van der Waals surface area (Å²) >= 11 is 5.62. The Morgan fingerprint density at radius 1 is 1.10 bits per heavy atom. The molecule has 0 aliphatic heterocycles. The van der Waals surface area contributed by atoms with Gasteiger partial charge in [-0.2, -0.15) is 0 Å². The maximum Gasteiger partial charge on any atom is 0.226 e. The topological polar surface area (TPSA) is 58.2 Å². The maximum absolute atomic E-state index is 11.6. The third kappa shape index (κ3) is 5.21. The third-order valence-corrected chi connectivity index (χ3v) is 3.35. The second-order valence-corrected chi connectivity index (χ2v) is 5.42. The van der Waals surface area contributed by atoms with Crippen molar-refractivity contribution in [2.24, 2.45) is 11.8 Å². The molecule has 0 radical (unpaired) electrons. The number of halogens is 1. The second kappa shape index (κ2) is 7.90. The molecule has 0 bridgehead atoms. The van der Waals surface area contributed by atoms with Crippen molar-refractivity contribution >= 4 is 29.1 Å². The van der Waals surface area contributed by atoms with Crippen molar-refractivity contribution in [1.29, 1.82) is 0 Å². The van der Waals surface area contributed by atoms with Crippen LogP contribution < -0.4 is 10.6 Å². The minimum atomic E-state index is -0.193. The molecule has 1 aromatic carbocycles. The summed E-state index contributed by atoms with van der Waals surface area (Å²) in [6.45, 7) is 5.93. The highest BCUT2D eigenvalue weighted by molar-refractivity contribution is 6.19. The zero-order chi connectivity index (χ0) is 15.1. The van der Waals surface area contributed by atoms with Crippen LogP contribution in [0.5, 0.6) is 0 Å². The summed E-state index contributed by atoms with van der Waals surface area (Å²) in [5.74, 6) is -0.00196. The summed E-state index contributed by atoms with van der Waals surface area (Å²) in [4.78, 5) is 23.1. The molecule has 1 unspecified atom stereocenters. The summed E-state index contributed by atoms with van der Waals surface area (Å²) in [6.07, 6.45) is 0. The van der Waals surface area contributed by atoms with E-state index in [0.717, 1.165) is 11.3 Å². The van der Waals surface area contributed by atoms with Crippen LogP contribution in [0.4, 0.5) is 5.69 Å². The summed E-state index contributed by atoms with van der Waals surface area (Å²) in [6, 6.07) is 7.41. The van der Waals surface area contributed by atoms with Gasteiger partial charge >= 0.3 is 0 Å². The molecular weight excluding hydrogens is 276 g/mol. The fourth-order valence-corrected chi connectivity index (χ4v) is 1.57. The van der Waals surface area contributed by atoms with Gasteiger partial charge < -0.3 is 10.6 Å². The molecule has 20 heavy (non-hydrogen) atoms. The average molecular weight is 297 g/mol. The first-order chi connectivity index (χ1) is 9.43. The van der Waals surface area contributed by atoms with Gasteiger partial charge in [-0.3, -0.25) is 9.59 Å². The number of anilines is 1. The van der Waals surface area contributed by atoms with Crippen LogP contribution in [0.15, 0.2) is 24.3 Å². The van der Waals surface area contributed by atoms with E-state index in [-0.39, 0.29) is 23.7 Å². The molecule has 0 saturated heterocycles. The van der Waals surface area contributed by atoms with Crippen molar-refractivity contribution in [2.75, 3.05) is 11.2 Å². The van der Waals surface area contributed by atoms with Gasteiger partial charge in [0.2, 0.25) is 11.8 Å². The van der Waals surface area contributed by atoms with Crippen LogP contribution in [0.3, 0.4) is 0 Å². The molecule has 0 spiro atoms. The first-order valence-electron chi connectivity index (χ1n) is 6.67. The van der Waals surface area contributed by atoms with E-state index in [1.165, 1.54) is 0 Å². The Hall–Kier alpha value is -1.55. The quantitative estimate of drug-likeness (QED) is 0.793. The van der Waals surface area contributed by atoms with E-state index in [2.05, 4.69) is 10.6 Å². The van der Waals surface area contributed by atoms with Crippen molar-refractivity contribution < 1.29 is 9.59 Å². The molecule has 110 valence electrons. The van der Waals surface area contributed by atoms with Crippen molar-refractivity contribution in [1.82, 2.24) is 5.32 Å². The van der Waals surface area contributed by atoms with E-state index in [9.17, 15) is 9.59 Å². The minimum absolute atomic E-state index is 0.0120. The van der Waals surface area contributed by atoms with Crippen LogP contribution in [0.1, 0.15) is 26.3 Å². The highest BCUT2D eigenvalue weighted by Gasteiger charge is 2.10. The predicted octanol–water partition coefficient (Wildman–Crippen LogP) is 2.77. The SMILES string of the molecule is CC(C)C(=O)Nc1ccc(CNC(=O)C(C)CCl)cc1. The van der Waals surface area contributed by atoms with Gasteiger partial charge in [-0.05, 0) is 17.7 Å². The largest absolute Gasteiger partial charge is 0.352 e. The molecule has 2 N–H and O–H groups in total. The molecule has 2 amide bonds. The lowest BCUT2D eigenvalue weighted by molar-refractivity contribution is -0.124. The van der Waals surface area contributed by atoms with Crippen LogP contribution >= 0.6 is 11.6 Å². The molecule has 1 aromatic rings. The lowest BCUT2D eigenvalue weighted by atomic mass is 10.1. The fraction of sp³-hybridized carbons (Fsp3) is 0.467. The Balaban J connectivity index is 2.51. The smallest absolute Gasteiger partial charge is 0.226 e. The van der Waals surface area contributed by atoms with E-state index in [4.69, 9.17) is 11.6 Å². The highest BCUT2D eigenvalue weighted by atomic mass is 35.5. The van der Waals surface area contributed by atoms with E-state index in [1.807, 2.05) is 38.1 Å². The molecule has 5 heteroatoms. The number of alkyl halides is 1. The van der Waals surface area contributed by atoms with Gasteiger partial charge in [0.25, 0.3) is 0 Å². The Morgan fingerprint density at radius 2 is 1.70 bits per heavy atom. The van der Waals surface area contributed by atoms with E-state index < -0.39 is 0 Å². The monoisotopic (exact) mass is 296 g/mol. The summed E-state index contributed by atoms with van der Waals surface area (Å²) in [5, 5.41) is 5.63. The summed E-state index contributed by atoms with van der Waals surface area (Å²) in [5.41, 5.74) is 1.73. The number of hydrogen-bond donors (Lipinski definition) is 2. The molecule has 0 aliphatic carbocycles. The molecular formula is C15H21ClN2O2. The van der Waals surface area contributed by atoms with Crippen LogP contribution in [-0.4, -0.2) is 17.7 Å². The number of benzene rings is 1. The number of carbonyl (C=O) groups is 2. The molecule has 0 fully saturated rings. The molecule has 0 aliphatic rings. The molecule has 4 nitrogen and oxygen atoms in total. The fourth-order valence-electron chi connectivity index (χ4n) is 1.43. The second-order valence-electron chi connectivity index (χ2n) is 5.11. The Bertz CT molecular complexity index is 457. The van der Waals surface area contributed by atoms with Crippen LogP contribution in [0.25, 0.3) is 0 Å². The lowest BCUT2D eigenvalue weighted by Gasteiger charge is -2.11. The molecule has 0 saturated carbocycles. The number of amides is 2. The predicted molar refractivity (Wildman–Crippen MR) is 81.6 cm³/mol.